The zero-order valence-electron chi connectivity index (χ0n) is 18.0. The van der Waals surface area contributed by atoms with Crippen molar-refractivity contribution in [3.63, 3.8) is 0 Å². The van der Waals surface area contributed by atoms with Crippen LogP contribution in [0.1, 0.15) is 19.8 Å². The van der Waals surface area contributed by atoms with Crippen molar-refractivity contribution >= 4 is 25.8 Å². The summed E-state index contributed by atoms with van der Waals surface area (Å²) in [5, 5.41) is 0. The Hall–Kier alpha value is -1.89. The number of carbonyl (C=O) groups is 1. The molecule has 3 aliphatic heterocycles. The number of amides is 1. The second-order valence-electron chi connectivity index (χ2n) is 8.42. The van der Waals surface area contributed by atoms with Gasteiger partial charge in [0.15, 0.2) is 21.3 Å². The van der Waals surface area contributed by atoms with Gasteiger partial charge in [-0.05, 0) is 25.5 Å². The molecule has 2 saturated heterocycles. The van der Waals surface area contributed by atoms with Crippen LogP contribution in [0.2, 0.25) is 0 Å². The lowest BCUT2D eigenvalue weighted by Gasteiger charge is -2.38. The summed E-state index contributed by atoms with van der Waals surface area (Å²) in [7, 11) is -6.89. The van der Waals surface area contributed by atoms with Gasteiger partial charge in [0.1, 0.15) is 0 Å². The molecule has 2 fully saturated rings. The van der Waals surface area contributed by atoms with Crippen LogP contribution in [0, 0.1) is 0 Å². The van der Waals surface area contributed by atoms with Crippen molar-refractivity contribution in [2.45, 2.75) is 36.7 Å². The third kappa shape index (κ3) is 5.19. The predicted molar refractivity (Wildman–Crippen MR) is 117 cm³/mol. The van der Waals surface area contributed by atoms with Gasteiger partial charge in [0.25, 0.3) is 0 Å². The summed E-state index contributed by atoms with van der Waals surface area (Å²) in [6, 6.07) is 3.47. The molecule has 0 aromatic heterocycles. The summed E-state index contributed by atoms with van der Waals surface area (Å²) in [5.41, 5.74) is 0. The van der Waals surface area contributed by atoms with E-state index in [1.807, 2.05) is 0 Å². The zero-order valence-corrected chi connectivity index (χ0v) is 19.7. The number of hydrogen-bond acceptors (Lipinski definition) is 8. The van der Waals surface area contributed by atoms with Gasteiger partial charge < -0.3 is 14.4 Å². The van der Waals surface area contributed by atoms with Crippen molar-refractivity contribution < 1.29 is 31.1 Å². The molecule has 3 heterocycles. The van der Waals surface area contributed by atoms with E-state index in [2.05, 4.69) is 9.62 Å². The van der Waals surface area contributed by atoms with Crippen molar-refractivity contribution in [3.05, 3.63) is 18.2 Å². The SMILES string of the molecule is CC(NS(=O)(=O)c1ccc2c(c1)OCCCO2)C(=O)N1CCN(C2CCS(=O)(=O)C2)CC1. The van der Waals surface area contributed by atoms with Crippen LogP contribution in [-0.4, -0.2) is 95.5 Å². The monoisotopic (exact) mass is 487 g/mol. The first kappa shape index (κ1) is 23.3. The number of nitrogens with zero attached hydrogens (tertiary/aromatic N) is 2. The van der Waals surface area contributed by atoms with Crippen molar-refractivity contribution in [2.24, 2.45) is 0 Å². The molecule has 32 heavy (non-hydrogen) atoms. The molecule has 0 aliphatic carbocycles. The van der Waals surface area contributed by atoms with Gasteiger partial charge >= 0.3 is 0 Å². The maximum absolute atomic E-state index is 12.9. The van der Waals surface area contributed by atoms with Crippen LogP contribution >= 0.6 is 0 Å². The average molecular weight is 488 g/mol. The van der Waals surface area contributed by atoms with Gasteiger partial charge in [0.2, 0.25) is 15.9 Å². The molecule has 0 radical (unpaired) electrons. The molecule has 2 atom stereocenters. The van der Waals surface area contributed by atoms with Crippen LogP contribution in [0.25, 0.3) is 0 Å². The fourth-order valence-electron chi connectivity index (χ4n) is 4.31. The summed E-state index contributed by atoms with van der Waals surface area (Å²) in [5.74, 6) is 0.955. The van der Waals surface area contributed by atoms with Crippen LogP contribution in [0.5, 0.6) is 11.5 Å². The molecule has 1 aromatic rings. The third-order valence-corrected chi connectivity index (χ3v) is 9.37. The minimum Gasteiger partial charge on any atom is -0.490 e. The summed E-state index contributed by atoms with van der Waals surface area (Å²) in [4.78, 5) is 16.6. The van der Waals surface area contributed by atoms with Gasteiger partial charge in [0.05, 0.1) is 35.7 Å². The normalized spacial score (nSPS) is 24.7. The lowest BCUT2D eigenvalue weighted by atomic mass is 10.2. The van der Waals surface area contributed by atoms with Gasteiger partial charge in [-0.15, -0.1) is 0 Å². The number of benzene rings is 1. The van der Waals surface area contributed by atoms with E-state index in [1.54, 1.807) is 11.0 Å². The van der Waals surface area contributed by atoms with Gasteiger partial charge in [-0.1, -0.05) is 0 Å². The molecule has 4 rings (SSSR count). The molecule has 178 valence electrons. The van der Waals surface area contributed by atoms with Gasteiger partial charge in [-0.3, -0.25) is 9.69 Å². The minimum absolute atomic E-state index is 0.00702. The standard InChI is InChI=1S/C20H29N3O7S2/c1-15(20(24)23-8-6-22(7-9-23)16-5-12-31(25,26)14-16)21-32(27,28)17-3-4-18-19(13-17)30-11-2-10-29-18/h3-4,13,15-16,21H,2,5-12,14H2,1H3. The summed E-state index contributed by atoms with van der Waals surface area (Å²) in [6.45, 7) is 4.50. The minimum atomic E-state index is -3.94. The van der Waals surface area contributed by atoms with E-state index in [0.29, 0.717) is 63.7 Å². The van der Waals surface area contributed by atoms with Crippen molar-refractivity contribution in [1.29, 1.82) is 0 Å². The molecule has 0 bridgehead atoms. The Balaban J connectivity index is 1.35. The van der Waals surface area contributed by atoms with Crippen molar-refractivity contribution in [3.8, 4) is 11.5 Å². The first-order valence-electron chi connectivity index (χ1n) is 10.8. The number of fused-ring (bicyclic) bond motifs is 1. The fraction of sp³-hybridized carbons (Fsp3) is 0.650. The molecule has 3 aliphatic rings. The highest BCUT2D eigenvalue weighted by Gasteiger charge is 2.35. The number of sulfone groups is 1. The second-order valence-corrected chi connectivity index (χ2v) is 12.4. The predicted octanol–water partition coefficient (Wildman–Crippen LogP) is -0.154. The molecule has 1 amide bonds. The molecular weight excluding hydrogens is 458 g/mol. The highest BCUT2D eigenvalue weighted by molar-refractivity contribution is 7.91. The molecule has 10 nitrogen and oxygen atoms in total. The lowest BCUT2D eigenvalue weighted by Crippen LogP contribution is -2.56. The van der Waals surface area contributed by atoms with Crippen molar-refractivity contribution in [2.75, 3.05) is 50.9 Å². The summed E-state index contributed by atoms with van der Waals surface area (Å²) >= 11 is 0. The van der Waals surface area contributed by atoms with E-state index >= 15 is 0 Å². The van der Waals surface area contributed by atoms with Gasteiger partial charge in [-0.2, -0.15) is 4.72 Å². The maximum atomic E-state index is 12.9. The van der Waals surface area contributed by atoms with Gasteiger partial charge in [-0.25, -0.2) is 16.8 Å². The van der Waals surface area contributed by atoms with Crippen LogP contribution in [0.4, 0.5) is 0 Å². The molecular formula is C20H29N3O7S2. The lowest BCUT2D eigenvalue weighted by molar-refractivity contribution is -0.134. The summed E-state index contributed by atoms with van der Waals surface area (Å²) < 4.78 is 62.7. The largest absolute Gasteiger partial charge is 0.490 e. The van der Waals surface area contributed by atoms with E-state index in [4.69, 9.17) is 9.47 Å². The first-order chi connectivity index (χ1) is 15.1. The van der Waals surface area contributed by atoms with Crippen LogP contribution < -0.4 is 14.2 Å². The molecule has 0 spiro atoms. The van der Waals surface area contributed by atoms with Gasteiger partial charge in [0, 0.05) is 44.7 Å². The number of rotatable bonds is 5. The molecule has 1 N–H and O–H groups in total. The number of piperazine rings is 1. The second kappa shape index (κ2) is 9.16. The number of sulfonamides is 1. The highest BCUT2D eigenvalue weighted by Crippen LogP contribution is 2.32. The Morgan fingerprint density at radius 3 is 2.47 bits per heavy atom. The number of nitrogens with one attached hydrogen (secondary N) is 1. The number of hydrogen-bond donors (Lipinski definition) is 1. The zero-order chi connectivity index (χ0) is 22.9. The van der Waals surface area contributed by atoms with Crippen LogP contribution in [0.15, 0.2) is 23.1 Å². The molecule has 0 saturated carbocycles. The average Bonchev–Trinajstić information content (AvgIpc) is 2.97. The van der Waals surface area contributed by atoms with E-state index < -0.39 is 25.9 Å². The van der Waals surface area contributed by atoms with E-state index in [9.17, 15) is 21.6 Å². The molecule has 12 heteroatoms. The Labute approximate surface area is 188 Å². The Bertz CT molecular complexity index is 1070. The van der Waals surface area contributed by atoms with E-state index in [0.717, 1.165) is 0 Å². The number of ether oxygens (including phenoxy) is 2. The smallest absolute Gasteiger partial charge is 0.241 e. The van der Waals surface area contributed by atoms with E-state index in [-0.39, 0.29) is 28.4 Å². The van der Waals surface area contributed by atoms with Crippen molar-refractivity contribution in [1.82, 2.24) is 14.5 Å². The number of carbonyl (C=O) groups excluding carboxylic acids is 1. The Kier molecular flexibility index (Phi) is 6.66. The van der Waals surface area contributed by atoms with Crippen LogP contribution in [-0.2, 0) is 24.7 Å². The fourth-order valence-corrected chi connectivity index (χ4v) is 7.28. The Morgan fingerprint density at radius 2 is 1.81 bits per heavy atom. The molecule has 1 aromatic carbocycles. The topological polar surface area (TPSA) is 122 Å². The molecule has 2 unspecified atom stereocenters. The quantitative estimate of drug-likeness (QED) is 0.608. The first-order valence-corrected chi connectivity index (χ1v) is 14.1. The Morgan fingerprint density at radius 1 is 1.12 bits per heavy atom. The maximum Gasteiger partial charge on any atom is 0.241 e. The highest BCUT2D eigenvalue weighted by atomic mass is 32.2. The van der Waals surface area contributed by atoms with Crippen LogP contribution in [0.3, 0.4) is 0 Å². The van der Waals surface area contributed by atoms with E-state index in [1.165, 1.54) is 19.1 Å². The summed E-state index contributed by atoms with van der Waals surface area (Å²) in [6.07, 6.45) is 1.34. The third-order valence-electron chi connectivity index (χ3n) is 6.08.